The van der Waals surface area contributed by atoms with Gasteiger partial charge in [0.25, 0.3) is 5.91 Å². The third-order valence-corrected chi connectivity index (χ3v) is 4.67. The second-order valence-corrected chi connectivity index (χ2v) is 5.63. The molecule has 7 heteroatoms. The Bertz CT molecular complexity index is 483. The Morgan fingerprint density at radius 3 is 2.74 bits per heavy atom. The highest BCUT2D eigenvalue weighted by atomic mass is 35.5. The van der Waals surface area contributed by atoms with Crippen molar-refractivity contribution in [3.05, 3.63) is 20.8 Å². The Hall–Kier alpha value is -1.11. The van der Waals surface area contributed by atoms with E-state index in [1.165, 1.54) is 11.3 Å². The van der Waals surface area contributed by atoms with Crippen molar-refractivity contribution in [2.24, 2.45) is 0 Å². The lowest BCUT2D eigenvalue weighted by molar-refractivity contribution is -0.130. The van der Waals surface area contributed by atoms with Gasteiger partial charge >= 0.3 is 0 Å². The van der Waals surface area contributed by atoms with Crippen molar-refractivity contribution in [1.82, 2.24) is 15.5 Å². The number of rotatable bonds is 3. The fraction of sp³-hybridized carbons (Fsp3) is 0.500. The molecule has 0 aromatic carbocycles. The van der Waals surface area contributed by atoms with Crippen LogP contribution in [0.15, 0.2) is 5.38 Å². The molecule has 19 heavy (non-hydrogen) atoms. The second kappa shape index (κ2) is 6.36. The van der Waals surface area contributed by atoms with Crippen molar-refractivity contribution in [3.8, 4) is 0 Å². The van der Waals surface area contributed by atoms with E-state index in [4.69, 9.17) is 11.6 Å². The summed E-state index contributed by atoms with van der Waals surface area (Å²) in [5.41, 5.74) is 0.880. The molecule has 1 aromatic rings. The zero-order valence-corrected chi connectivity index (χ0v) is 12.2. The average molecular weight is 302 g/mol. The van der Waals surface area contributed by atoms with Crippen molar-refractivity contribution in [1.29, 1.82) is 0 Å². The lowest BCUT2D eigenvalue weighted by atomic mass is 10.3. The van der Waals surface area contributed by atoms with Crippen molar-refractivity contribution in [2.75, 3.05) is 32.7 Å². The zero-order chi connectivity index (χ0) is 13.8. The Morgan fingerprint density at radius 1 is 1.47 bits per heavy atom. The highest BCUT2D eigenvalue weighted by Crippen LogP contribution is 2.26. The number of hydrogen-bond acceptors (Lipinski definition) is 4. The van der Waals surface area contributed by atoms with Crippen LogP contribution in [-0.2, 0) is 4.79 Å². The molecule has 0 atom stereocenters. The molecule has 0 aliphatic carbocycles. The first kappa shape index (κ1) is 14.3. The number of nitrogens with one attached hydrogen (secondary N) is 2. The number of nitrogens with zero attached hydrogens (tertiary/aromatic N) is 1. The van der Waals surface area contributed by atoms with Gasteiger partial charge in [0, 0.05) is 26.2 Å². The maximum absolute atomic E-state index is 11.9. The van der Waals surface area contributed by atoms with E-state index in [9.17, 15) is 9.59 Å². The molecule has 2 rings (SSSR count). The molecule has 1 fully saturated rings. The molecule has 0 saturated carbocycles. The van der Waals surface area contributed by atoms with E-state index >= 15 is 0 Å². The predicted molar refractivity (Wildman–Crippen MR) is 75.8 cm³/mol. The highest BCUT2D eigenvalue weighted by molar-refractivity contribution is 7.13. The minimum atomic E-state index is -0.286. The first-order valence-corrected chi connectivity index (χ1v) is 7.35. The molecule has 0 spiro atoms. The Balaban J connectivity index is 1.86. The summed E-state index contributed by atoms with van der Waals surface area (Å²) in [5, 5.41) is 8.10. The number of piperazine rings is 1. The quantitative estimate of drug-likeness (QED) is 0.871. The average Bonchev–Trinajstić information content (AvgIpc) is 2.77. The number of hydrogen-bond donors (Lipinski definition) is 2. The summed E-state index contributed by atoms with van der Waals surface area (Å²) in [4.78, 5) is 26.0. The van der Waals surface area contributed by atoms with Gasteiger partial charge in [-0.05, 0) is 17.9 Å². The SMILES string of the molecule is Cc1csc(C(=O)NCC(=O)N2CCNCC2)c1Cl. The van der Waals surface area contributed by atoms with E-state index < -0.39 is 0 Å². The van der Waals surface area contributed by atoms with Crippen LogP contribution in [0.4, 0.5) is 0 Å². The van der Waals surface area contributed by atoms with E-state index in [-0.39, 0.29) is 18.4 Å². The summed E-state index contributed by atoms with van der Waals surface area (Å²) in [5.74, 6) is -0.342. The molecule has 0 bridgehead atoms. The molecule has 1 aromatic heterocycles. The number of carbonyl (C=O) groups excluding carboxylic acids is 2. The molecule has 1 saturated heterocycles. The largest absolute Gasteiger partial charge is 0.342 e. The van der Waals surface area contributed by atoms with Gasteiger partial charge in [-0.15, -0.1) is 11.3 Å². The summed E-state index contributed by atoms with van der Waals surface area (Å²) in [6, 6.07) is 0. The molecule has 5 nitrogen and oxygen atoms in total. The summed E-state index contributed by atoms with van der Waals surface area (Å²) >= 11 is 7.31. The van der Waals surface area contributed by atoms with Crippen molar-refractivity contribution in [2.45, 2.75) is 6.92 Å². The smallest absolute Gasteiger partial charge is 0.263 e. The first-order valence-electron chi connectivity index (χ1n) is 6.10. The molecule has 2 N–H and O–H groups in total. The van der Waals surface area contributed by atoms with Gasteiger partial charge < -0.3 is 15.5 Å². The Morgan fingerprint density at radius 2 is 2.16 bits per heavy atom. The Kier molecular flexibility index (Phi) is 4.79. The molecule has 0 radical (unpaired) electrons. The zero-order valence-electron chi connectivity index (χ0n) is 10.7. The van der Waals surface area contributed by atoms with Crippen molar-refractivity contribution >= 4 is 34.8 Å². The monoisotopic (exact) mass is 301 g/mol. The van der Waals surface area contributed by atoms with Crippen LogP contribution in [0.3, 0.4) is 0 Å². The number of carbonyl (C=O) groups is 2. The van der Waals surface area contributed by atoms with Gasteiger partial charge in [0.05, 0.1) is 11.6 Å². The number of thiophene rings is 1. The van der Waals surface area contributed by atoms with E-state index in [1.54, 1.807) is 4.90 Å². The van der Waals surface area contributed by atoms with E-state index in [0.717, 1.165) is 18.7 Å². The summed E-state index contributed by atoms with van der Waals surface area (Å²) in [7, 11) is 0. The van der Waals surface area contributed by atoms with Crippen LogP contribution in [0, 0.1) is 6.92 Å². The summed E-state index contributed by atoms with van der Waals surface area (Å²) in [6.07, 6.45) is 0. The summed E-state index contributed by atoms with van der Waals surface area (Å²) < 4.78 is 0. The minimum absolute atomic E-state index is 0.0200. The standard InChI is InChI=1S/C12H16ClN3O2S/c1-8-7-19-11(10(8)13)12(18)15-6-9(17)16-4-2-14-3-5-16/h7,14H,2-6H2,1H3,(H,15,18). The van der Waals surface area contributed by atoms with Crippen LogP contribution in [-0.4, -0.2) is 49.4 Å². The Labute approximate surface area is 120 Å². The van der Waals surface area contributed by atoms with Crippen LogP contribution in [0.1, 0.15) is 15.2 Å². The normalized spacial score (nSPS) is 15.4. The van der Waals surface area contributed by atoms with Crippen LogP contribution in [0.5, 0.6) is 0 Å². The molecular weight excluding hydrogens is 286 g/mol. The van der Waals surface area contributed by atoms with Gasteiger partial charge in [-0.25, -0.2) is 0 Å². The van der Waals surface area contributed by atoms with Gasteiger partial charge in [-0.3, -0.25) is 9.59 Å². The van der Waals surface area contributed by atoms with Gasteiger partial charge in [-0.2, -0.15) is 0 Å². The van der Waals surface area contributed by atoms with Gasteiger partial charge in [0.15, 0.2) is 0 Å². The fourth-order valence-electron chi connectivity index (χ4n) is 1.85. The lowest BCUT2D eigenvalue weighted by Gasteiger charge is -2.27. The van der Waals surface area contributed by atoms with Crippen LogP contribution < -0.4 is 10.6 Å². The molecule has 0 unspecified atom stereocenters. The maximum atomic E-state index is 11.9. The molecular formula is C12H16ClN3O2S. The fourth-order valence-corrected chi connectivity index (χ4v) is 3.04. The highest BCUT2D eigenvalue weighted by Gasteiger charge is 2.19. The van der Waals surface area contributed by atoms with Crippen molar-refractivity contribution < 1.29 is 9.59 Å². The third-order valence-electron chi connectivity index (χ3n) is 2.98. The topological polar surface area (TPSA) is 61.4 Å². The van der Waals surface area contributed by atoms with Crippen LogP contribution in [0.2, 0.25) is 5.02 Å². The first-order chi connectivity index (χ1) is 9.09. The molecule has 1 aliphatic rings. The molecule has 2 amide bonds. The van der Waals surface area contributed by atoms with E-state index in [0.29, 0.717) is 23.0 Å². The number of aryl methyl sites for hydroxylation is 1. The van der Waals surface area contributed by atoms with Gasteiger partial charge in [0.1, 0.15) is 4.88 Å². The molecule has 2 heterocycles. The van der Waals surface area contributed by atoms with E-state index in [2.05, 4.69) is 10.6 Å². The lowest BCUT2D eigenvalue weighted by Crippen LogP contribution is -2.49. The number of halogens is 1. The molecule has 1 aliphatic heterocycles. The van der Waals surface area contributed by atoms with Crippen LogP contribution >= 0.6 is 22.9 Å². The van der Waals surface area contributed by atoms with Gasteiger partial charge in [0.2, 0.25) is 5.91 Å². The van der Waals surface area contributed by atoms with Crippen LogP contribution in [0.25, 0.3) is 0 Å². The van der Waals surface area contributed by atoms with Gasteiger partial charge in [-0.1, -0.05) is 11.6 Å². The third kappa shape index (κ3) is 3.46. The maximum Gasteiger partial charge on any atom is 0.263 e. The van der Waals surface area contributed by atoms with Crippen molar-refractivity contribution in [3.63, 3.8) is 0 Å². The molecule has 104 valence electrons. The number of amides is 2. The second-order valence-electron chi connectivity index (χ2n) is 4.38. The predicted octanol–water partition coefficient (Wildman–Crippen LogP) is 0.872. The summed E-state index contributed by atoms with van der Waals surface area (Å²) in [6.45, 7) is 4.85. The minimum Gasteiger partial charge on any atom is -0.342 e. The van der Waals surface area contributed by atoms with E-state index in [1.807, 2.05) is 12.3 Å².